The predicted octanol–water partition coefficient (Wildman–Crippen LogP) is 2.65. The summed E-state index contributed by atoms with van der Waals surface area (Å²) in [6.07, 6.45) is 0. The van der Waals surface area contributed by atoms with Crippen LogP contribution in [0.25, 0.3) is 11.3 Å². The molecular weight excluding hydrogens is 388 g/mol. The van der Waals surface area contributed by atoms with Crippen molar-refractivity contribution in [2.24, 2.45) is 0 Å². The van der Waals surface area contributed by atoms with Gasteiger partial charge in [0.1, 0.15) is 5.75 Å². The molecular formula is C17H16N4O4S2. The Balaban J connectivity index is 1.65. The van der Waals surface area contributed by atoms with Gasteiger partial charge in [-0.1, -0.05) is 11.8 Å². The van der Waals surface area contributed by atoms with E-state index >= 15 is 0 Å². The highest BCUT2D eigenvalue weighted by Crippen LogP contribution is 2.31. The number of aryl methyl sites for hydroxylation is 1. The average Bonchev–Trinajstić information content (AvgIpc) is 2.99. The van der Waals surface area contributed by atoms with Crippen molar-refractivity contribution >= 4 is 34.1 Å². The van der Waals surface area contributed by atoms with Crippen molar-refractivity contribution in [2.45, 2.75) is 12.1 Å². The number of hydrogen-bond acceptors (Lipinski definition) is 8. The molecule has 140 valence electrons. The zero-order valence-electron chi connectivity index (χ0n) is 14.5. The fourth-order valence-corrected chi connectivity index (χ4v) is 3.77. The van der Waals surface area contributed by atoms with Crippen LogP contribution in [0.5, 0.6) is 11.6 Å². The molecule has 10 heteroatoms. The van der Waals surface area contributed by atoms with Crippen LogP contribution < -0.4 is 15.6 Å². The van der Waals surface area contributed by atoms with Crippen LogP contribution in [0.3, 0.4) is 0 Å². The number of aromatic amines is 1. The first-order valence-corrected chi connectivity index (χ1v) is 9.59. The van der Waals surface area contributed by atoms with Crippen LogP contribution in [0.4, 0.5) is 5.13 Å². The largest absolute Gasteiger partial charge is 0.497 e. The van der Waals surface area contributed by atoms with Crippen molar-refractivity contribution < 1.29 is 14.6 Å². The molecule has 0 unspecified atom stereocenters. The molecule has 0 bridgehead atoms. The van der Waals surface area contributed by atoms with Crippen molar-refractivity contribution in [3.63, 3.8) is 0 Å². The Labute approximate surface area is 162 Å². The third kappa shape index (κ3) is 4.86. The number of aromatic hydroxyl groups is 1. The summed E-state index contributed by atoms with van der Waals surface area (Å²) in [6, 6.07) is 8.49. The number of thiazole rings is 1. The minimum absolute atomic E-state index is 0.0168. The number of benzene rings is 1. The topological polar surface area (TPSA) is 117 Å². The maximum Gasteiger partial charge on any atom is 0.255 e. The Bertz CT molecular complexity index is 1010. The molecule has 0 aliphatic heterocycles. The van der Waals surface area contributed by atoms with Crippen LogP contribution in [0.1, 0.15) is 4.88 Å². The molecule has 3 aromatic rings. The van der Waals surface area contributed by atoms with Gasteiger partial charge in [0, 0.05) is 10.4 Å². The maximum absolute atomic E-state index is 12.1. The lowest BCUT2D eigenvalue weighted by atomic mass is 10.1. The second-order valence-electron chi connectivity index (χ2n) is 5.40. The average molecular weight is 404 g/mol. The van der Waals surface area contributed by atoms with E-state index in [-0.39, 0.29) is 22.7 Å². The first-order valence-electron chi connectivity index (χ1n) is 7.79. The number of aromatic nitrogens is 3. The van der Waals surface area contributed by atoms with Crippen molar-refractivity contribution in [1.29, 1.82) is 0 Å². The number of thioether (sulfide) groups is 1. The molecule has 3 rings (SSSR count). The Hall–Kier alpha value is -2.85. The lowest BCUT2D eigenvalue weighted by molar-refractivity contribution is -0.113. The predicted molar refractivity (Wildman–Crippen MR) is 105 cm³/mol. The summed E-state index contributed by atoms with van der Waals surface area (Å²) < 4.78 is 5.15. The van der Waals surface area contributed by atoms with E-state index in [1.54, 1.807) is 7.11 Å². The van der Waals surface area contributed by atoms with Crippen LogP contribution >= 0.6 is 23.1 Å². The van der Waals surface area contributed by atoms with Gasteiger partial charge in [0.2, 0.25) is 11.8 Å². The summed E-state index contributed by atoms with van der Waals surface area (Å²) in [5.74, 6) is 0.0984. The molecule has 3 N–H and O–H groups in total. The van der Waals surface area contributed by atoms with Crippen LogP contribution in [-0.2, 0) is 4.79 Å². The van der Waals surface area contributed by atoms with Gasteiger partial charge < -0.3 is 20.1 Å². The molecule has 27 heavy (non-hydrogen) atoms. The minimum atomic E-state index is -0.481. The highest BCUT2D eigenvalue weighted by Gasteiger charge is 2.13. The second kappa shape index (κ2) is 8.23. The second-order valence-corrected chi connectivity index (χ2v) is 7.57. The number of carbonyl (C=O) groups is 1. The normalized spacial score (nSPS) is 10.6. The fraction of sp³-hybridized carbons (Fsp3) is 0.176. The number of anilines is 1. The first-order chi connectivity index (χ1) is 12.9. The third-order valence-corrected chi connectivity index (χ3v) is 5.21. The molecule has 0 radical (unpaired) electrons. The summed E-state index contributed by atoms with van der Waals surface area (Å²) in [5.41, 5.74) is 1.25. The zero-order chi connectivity index (χ0) is 19.4. The van der Waals surface area contributed by atoms with E-state index in [2.05, 4.69) is 20.3 Å². The number of ether oxygens (including phenoxy) is 1. The summed E-state index contributed by atoms with van der Waals surface area (Å²) in [6.45, 7) is 1.93. The molecule has 0 aliphatic rings. The summed E-state index contributed by atoms with van der Waals surface area (Å²) in [7, 11) is 1.61. The van der Waals surface area contributed by atoms with Gasteiger partial charge in [0.05, 0.1) is 24.6 Å². The lowest BCUT2D eigenvalue weighted by Crippen LogP contribution is -2.15. The molecule has 0 aliphatic carbocycles. The number of hydrogen-bond donors (Lipinski definition) is 3. The van der Waals surface area contributed by atoms with Crippen molar-refractivity contribution in [3.05, 3.63) is 45.6 Å². The SMILES string of the molecule is COc1ccc(-c2nc(NC(=O)CSc3nc(O)cc(=O)[nH]3)sc2C)cc1. The Morgan fingerprint density at radius 2 is 2.07 bits per heavy atom. The molecule has 2 heterocycles. The number of H-pyrrole nitrogens is 1. The van der Waals surface area contributed by atoms with Crippen LogP contribution in [0.15, 0.2) is 40.3 Å². The number of rotatable bonds is 6. The number of methoxy groups -OCH3 is 1. The van der Waals surface area contributed by atoms with Gasteiger partial charge in [-0.2, -0.15) is 4.98 Å². The van der Waals surface area contributed by atoms with Gasteiger partial charge in [0.25, 0.3) is 5.56 Å². The van der Waals surface area contributed by atoms with Gasteiger partial charge >= 0.3 is 0 Å². The Morgan fingerprint density at radius 1 is 1.33 bits per heavy atom. The summed E-state index contributed by atoms with van der Waals surface area (Å²) >= 11 is 2.39. The molecule has 0 spiro atoms. The zero-order valence-corrected chi connectivity index (χ0v) is 16.1. The molecule has 0 atom stereocenters. The van der Waals surface area contributed by atoms with Crippen LogP contribution in [-0.4, -0.2) is 38.8 Å². The fourth-order valence-electron chi connectivity index (χ4n) is 2.25. The number of carbonyl (C=O) groups excluding carboxylic acids is 1. The van der Waals surface area contributed by atoms with E-state index < -0.39 is 5.56 Å². The van der Waals surface area contributed by atoms with E-state index in [4.69, 9.17) is 4.74 Å². The van der Waals surface area contributed by atoms with E-state index in [9.17, 15) is 14.7 Å². The first kappa shape index (κ1) is 18.9. The van der Waals surface area contributed by atoms with Crippen molar-refractivity contribution in [1.82, 2.24) is 15.0 Å². The Morgan fingerprint density at radius 3 is 2.74 bits per heavy atom. The van der Waals surface area contributed by atoms with E-state index in [0.29, 0.717) is 5.13 Å². The maximum atomic E-state index is 12.1. The quantitative estimate of drug-likeness (QED) is 0.427. The van der Waals surface area contributed by atoms with Crippen LogP contribution in [0.2, 0.25) is 0 Å². The van der Waals surface area contributed by atoms with Gasteiger partial charge in [0.15, 0.2) is 10.3 Å². The Kier molecular flexibility index (Phi) is 5.77. The van der Waals surface area contributed by atoms with Crippen molar-refractivity contribution in [3.8, 4) is 22.9 Å². The van der Waals surface area contributed by atoms with Gasteiger partial charge in [-0.3, -0.25) is 9.59 Å². The molecule has 0 saturated heterocycles. The number of amides is 1. The summed E-state index contributed by atoms with van der Waals surface area (Å²) in [4.78, 5) is 35.1. The lowest BCUT2D eigenvalue weighted by Gasteiger charge is -2.02. The molecule has 0 fully saturated rings. The standard InChI is InChI=1S/C17H16N4O4S2/c1-9-15(10-3-5-11(25-2)6-4-10)21-17(27-9)20-14(24)8-26-16-18-12(22)7-13(23)19-16/h3-7H,8H2,1-2H3,(H,20,21,24)(H2,18,19,22,23). The van der Waals surface area contributed by atoms with E-state index in [1.807, 2.05) is 31.2 Å². The smallest absolute Gasteiger partial charge is 0.255 e. The van der Waals surface area contributed by atoms with Gasteiger partial charge in [-0.05, 0) is 31.2 Å². The van der Waals surface area contributed by atoms with E-state index in [0.717, 1.165) is 39.7 Å². The molecule has 8 nitrogen and oxygen atoms in total. The molecule has 1 aromatic carbocycles. The minimum Gasteiger partial charge on any atom is -0.497 e. The third-order valence-electron chi connectivity index (χ3n) is 3.45. The molecule has 1 amide bonds. The highest BCUT2D eigenvalue weighted by molar-refractivity contribution is 7.99. The van der Waals surface area contributed by atoms with Crippen molar-refractivity contribution in [2.75, 3.05) is 18.2 Å². The monoisotopic (exact) mass is 404 g/mol. The van der Waals surface area contributed by atoms with Gasteiger partial charge in [-0.25, -0.2) is 4.98 Å². The number of nitrogens with zero attached hydrogens (tertiary/aromatic N) is 2. The highest BCUT2D eigenvalue weighted by atomic mass is 32.2. The van der Waals surface area contributed by atoms with E-state index in [1.165, 1.54) is 11.3 Å². The summed E-state index contributed by atoms with van der Waals surface area (Å²) in [5, 5.41) is 12.7. The number of nitrogens with one attached hydrogen (secondary N) is 2. The van der Waals surface area contributed by atoms with Gasteiger partial charge in [-0.15, -0.1) is 11.3 Å². The molecule has 0 saturated carbocycles. The van der Waals surface area contributed by atoms with Crippen LogP contribution in [0, 0.1) is 6.92 Å². The molecule has 2 aromatic heterocycles.